The van der Waals surface area contributed by atoms with Crippen LogP contribution in [-0.4, -0.2) is 24.5 Å². The monoisotopic (exact) mass is 376 g/mol. The smallest absolute Gasteiger partial charge is 0.319 e. The Hall–Kier alpha value is -2.57. The molecule has 26 heavy (non-hydrogen) atoms. The number of hydrogen-bond acceptors (Lipinski definition) is 3. The van der Waals surface area contributed by atoms with Crippen molar-refractivity contribution in [3.05, 3.63) is 65.7 Å². The third kappa shape index (κ3) is 6.74. The topological polar surface area (TPSA) is 96.2 Å². The van der Waals surface area contributed by atoms with Crippen LogP contribution in [0.15, 0.2) is 54.6 Å². The van der Waals surface area contributed by atoms with Crippen LogP contribution < -0.4 is 21.7 Å². The molecular weight excluding hydrogens is 352 g/mol. The number of carbonyl (C=O) groups is 2. The fourth-order valence-electron chi connectivity index (χ4n) is 2.29. The number of nitrogens with one attached hydrogen (secondary N) is 3. The maximum absolute atomic E-state index is 12.3. The minimum atomic E-state index is -0.307. The van der Waals surface area contributed by atoms with E-state index in [0.29, 0.717) is 17.8 Å². The molecule has 0 aromatic heterocycles. The van der Waals surface area contributed by atoms with Crippen molar-refractivity contribution >= 4 is 30.0 Å². The predicted octanol–water partition coefficient (Wildman–Crippen LogP) is 3.07. The van der Waals surface area contributed by atoms with Crippen molar-refractivity contribution in [2.24, 2.45) is 5.73 Å². The molecule has 2 rings (SSSR count). The summed E-state index contributed by atoms with van der Waals surface area (Å²) in [5.74, 6) is -0.237. The summed E-state index contributed by atoms with van der Waals surface area (Å²) in [5, 5.41) is 8.25. The Morgan fingerprint density at radius 2 is 1.73 bits per heavy atom. The average Bonchev–Trinajstić information content (AvgIpc) is 2.59. The molecule has 2 aromatic rings. The van der Waals surface area contributed by atoms with Crippen molar-refractivity contribution in [1.29, 1.82) is 0 Å². The largest absolute Gasteiger partial charge is 0.350 e. The molecule has 0 spiro atoms. The molecule has 6 nitrogen and oxygen atoms in total. The highest BCUT2D eigenvalue weighted by atomic mass is 35.5. The van der Waals surface area contributed by atoms with Crippen molar-refractivity contribution in [2.75, 3.05) is 11.9 Å². The van der Waals surface area contributed by atoms with Gasteiger partial charge in [0.05, 0.1) is 0 Å². The van der Waals surface area contributed by atoms with Gasteiger partial charge in [0.25, 0.3) is 5.91 Å². The molecule has 2 aromatic carbocycles. The Balaban J connectivity index is 0.00000338. The summed E-state index contributed by atoms with van der Waals surface area (Å²) in [7, 11) is 0. The lowest BCUT2D eigenvalue weighted by atomic mass is 10.1. The van der Waals surface area contributed by atoms with Gasteiger partial charge in [0.1, 0.15) is 0 Å². The van der Waals surface area contributed by atoms with Gasteiger partial charge in [-0.1, -0.05) is 36.4 Å². The molecule has 0 aliphatic heterocycles. The lowest BCUT2D eigenvalue weighted by Crippen LogP contribution is -2.34. The molecule has 0 saturated heterocycles. The van der Waals surface area contributed by atoms with Crippen LogP contribution in [0.3, 0.4) is 0 Å². The van der Waals surface area contributed by atoms with Crippen molar-refractivity contribution in [3.63, 3.8) is 0 Å². The van der Waals surface area contributed by atoms with Crippen LogP contribution in [0.25, 0.3) is 0 Å². The first kappa shape index (κ1) is 21.5. The zero-order chi connectivity index (χ0) is 18.2. The van der Waals surface area contributed by atoms with E-state index in [9.17, 15) is 9.59 Å². The molecule has 0 fully saturated rings. The SMILES string of the molecule is CC(C)NC(=O)Nc1cccc(C(=O)NCC(N)c2ccccc2)c1.Cl. The van der Waals surface area contributed by atoms with Gasteiger partial charge in [-0.05, 0) is 37.6 Å². The summed E-state index contributed by atoms with van der Waals surface area (Å²) < 4.78 is 0. The molecule has 0 aliphatic rings. The lowest BCUT2D eigenvalue weighted by Gasteiger charge is -2.14. The maximum atomic E-state index is 12.3. The number of urea groups is 1. The zero-order valence-electron chi connectivity index (χ0n) is 14.9. The first-order valence-electron chi connectivity index (χ1n) is 8.22. The number of anilines is 1. The summed E-state index contributed by atoms with van der Waals surface area (Å²) in [6, 6.07) is 15.8. The quantitative estimate of drug-likeness (QED) is 0.623. The third-order valence-electron chi connectivity index (χ3n) is 3.51. The average molecular weight is 377 g/mol. The molecule has 0 saturated carbocycles. The highest BCUT2D eigenvalue weighted by Crippen LogP contribution is 2.12. The number of rotatable bonds is 6. The molecule has 0 radical (unpaired) electrons. The number of hydrogen-bond donors (Lipinski definition) is 4. The molecule has 3 amide bonds. The van der Waals surface area contributed by atoms with Crippen molar-refractivity contribution in [3.8, 4) is 0 Å². The minimum absolute atomic E-state index is 0. The fraction of sp³-hybridized carbons (Fsp3) is 0.263. The number of halogens is 1. The minimum Gasteiger partial charge on any atom is -0.350 e. The standard InChI is InChI=1S/C19H24N4O2.ClH/c1-13(2)22-19(25)23-16-10-6-9-15(11-16)18(24)21-12-17(20)14-7-4-3-5-8-14;/h3-11,13,17H,12,20H2,1-2H3,(H,21,24)(H2,22,23,25);1H. The van der Waals surface area contributed by atoms with Crippen LogP contribution in [0.2, 0.25) is 0 Å². The Kier molecular flexibility index (Phi) is 8.61. The maximum Gasteiger partial charge on any atom is 0.319 e. The predicted molar refractivity (Wildman–Crippen MR) is 107 cm³/mol. The van der Waals surface area contributed by atoms with Crippen LogP contribution in [0.1, 0.15) is 35.8 Å². The molecule has 5 N–H and O–H groups in total. The van der Waals surface area contributed by atoms with E-state index in [1.807, 2.05) is 44.2 Å². The summed E-state index contributed by atoms with van der Waals surface area (Å²) >= 11 is 0. The van der Waals surface area contributed by atoms with E-state index in [2.05, 4.69) is 16.0 Å². The van der Waals surface area contributed by atoms with Crippen molar-refractivity contribution in [1.82, 2.24) is 10.6 Å². The molecular formula is C19H25ClN4O2. The van der Waals surface area contributed by atoms with Gasteiger partial charge in [0, 0.05) is 29.9 Å². The fourth-order valence-corrected chi connectivity index (χ4v) is 2.29. The Bertz CT molecular complexity index is 722. The van der Waals surface area contributed by atoms with Crippen LogP contribution in [0.5, 0.6) is 0 Å². The zero-order valence-corrected chi connectivity index (χ0v) is 15.7. The molecule has 1 atom stereocenters. The van der Waals surface area contributed by atoms with E-state index in [0.717, 1.165) is 5.56 Å². The molecule has 7 heteroatoms. The Labute approximate surface area is 160 Å². The highest BCUT2D eigenvalue weighted by Gasteiger charge is 2.11. The Morgan fingerprint density at radius 1 is 1.04 bits per heavy atom. The number of amides is 3. The van der Waals surface area contributed by atoms with Gasteiger partial charge in [0.2, 0.25) is 0 Å². The first-order chi connectivity index (χ1) is 12.0. The van der Waals surface area contributed by atoms with Gasteiger partial charge in [-0.25, -0.2) is 4.79 Å². The number of nitrogens with two attached hydrogens (primary N) is 1. The second kappa shape index (κ2) is 10.4. The van der Waals surface area contributed by atoms with Crippen molar-refractivity contribution < 1.29 is 9.59 Å². The summed E-state index contributed by atoms with van der Waals surface area (Å²) in [6.07, 6.45) is 0. The normalized spacial score (nSPS) is 11.2. The van der Waals surface area contributed by atoms with E-state index in [1.54, 1.807) is 24.3 Å². The van der Waals surface area contributed by atoms with Gasteiger partial charge in [-0.2, -0.15) is 0 Å². The van der Waals surface area contributed by atoms with Gasteiger partial charge in [0.15, 0.2) is 0 Å². The second-order valence-corrected chi connectivity index (χ2v) is 6.06. The number of carbonyl (C=O) groups excluding carboxylic acids is 2. The second-order valence-electron chi connectivity index (χ2n) is 6.06. The van der Waals surface area contributed by atoms with Gasteiger partial charge in [-0.15, -0.1) is 12.4 Å². The van der Waals surface area contributed by atoms with Crippen LogP contribution >= 0.6 is 12.4 Å². The van der Waals surface area contributed by atoms with E-state index in [1.165, 1.54) is 0 Å². The summed E-state index contributed by atoms with van der Waals surface area (Å²) in [6.45, 7) is 4.08. The third-order valence-corrected chi connectivity index (χ3v) is 3.51. The summed E-state index contributed by atoms with van der Waals surface area (Å²) in [5.41, 5.74) is 8.06. The van der Waals surface area contributed by atoms with Gasteiger partial charge in [-0.3, -0.25) is 4.79 Å². The van der Waals surface area contributed by atoms with Gasteiger partial charge >= 0.3 is 6.03 Å². The van der Waals surface area contributed by atoms with E-state index < -0.39 is 0 Å². The van der Waals surface area contributed by atoms with E-state index >= 15 is 0 Å². The highest BCUT2D eigenvalue weighted by molar-refractivity contribution is 5.96. The van der Waals surface area contributed by atoms with Crippen LogP contribution in [-0.2, 0) is 0 Å². The van der Waals surface area contributed by atoms with Crippen LogP contribution in [0, 0.1) is 0 Å². The molecule has 0 heterocycles. The Morgan fingerprint density at radius 3 is 2.38 bits per heavy atom. The van der Waals surface area contributed by atoms with Gasteiger partial charge < -0.3 is 21.7 Å². The van der Waals surface area contributed by atoms with E-state index in [-0.39, 0.29) is 36.4 Å². The summed E-state index contributed by atoms with van der Waals surface area (Å²) in [4.78, 5) is 24.0. The lowest BCUT2D eigenvalue weighted by molar-refractivity contribution is 0.0951. The first-order valence-corrected chi connectivity index (χ1v) is 8.22. The number of benzene rings is 2. The van der Waals surface area contributed by atoms with Crippen LogP contribution in [0.4, 0.5) is 10.5 Å². The van der Waals surface area contributed by atoms with E-state index in [4.69, 9.17) is 5.73 Å². The molecule has 1 unspecified atom stereocenters. The molecule has 0 aliphatic carbocycles. The van der Waals surface area contributed by atoms with Crippen molar-refractivity contribution in [2.45, 2.75) is 25.9 Å². The molecule has 0 bridgehead atoms. The molecule has 140 valence electrons.